The van der Waals surface area contributed by atoms with Crippen molar-refractivity contribution in [2.75, 3.05) is 39.8 Å². The van der Waals surface area contributed by atoms with Crippen LogP contribution in [0.3, 0.4) is 0 Å². The Morgan fingerprint density at radius 2 is 1.83 bits per heavy atom. The Labute approximate surface area is 139 Å². The fraction of sp³-hybridized carbons (Fsp3) is 0.611. The molecule has 2 N–H and O–H groups in total. The SMILES string of the molecule is CN=C(NCCc1ccc(F)cc1)NCCN1CCC(C)CC1. The summed E-state index contributed by atoms with van der Waals surface area (Å²) >= 11 is 0. The van der Waals surface area contributed by atoms with Crippen LogP contribution >= 0.6 is 0 Å². The van der Waals surface area contributed by atoms with E-state index in [2.05, 4.69) is 27.4 Å². The number of rotatable bonds is 6. The monoisotopic (exact) mass is 320 g/mol. The number of halogens is 1. The third-order valence-corrected chi connectivity index (χ3v) is 4.44. The quantitative estimate of drug-likeness (QED) is 0.624. The van der Waals surface area contributed by atoms with Gasteiger partial charge in [0.15, 0.2) is 5.96 Å². The molecule has 1 aromatic rings. The highest BCUT2D eigenvalue weighted by Gasteiger charge is 2.14. The molecule has 1 heterocycles. The molecule has 2 rings (SSSR count). The van der Waals surface area contributed by atoms with Gasteiger partial charge in [0, 0.05) is 26.7 Å². The van der Waals surface area contributed by atoms with E-state index in [-0.39, 0.29) is 5.82 Å². The molecule has 0 unspecified atom stereocenters. The summed E-state index contributed by atoms with van der Waals surface area (Å²) in [5, 5.41) is 6.66. The van der Waals surface area contributed by atoms with Crippen LogP contribution in [0.2, 0.25) is 0 Å². The molecule has 4 nitrogen and oxygen atoms in total. The summed E-state index contributed by atoms with van der Waals surface area (Å²) in [4.78, 5) is 6.76. The van der Waals surface area contributed by atoms with Crippen LogP contribution in [0.15, 0.2) is 29.3 Å². The largest absolute Gasteiger partial charge is 0.356 e. The number of piperidine rings is 1. The predicted octanol–water partition coefficient (Wildman–Crippen LogP) is 2.27. The molecular formula is C18H29FN4. The molecule has 1 aromatic carbocycles. The third kappa shape index (κ3) is 6.57. The molecule has 0 saturated carbocycles. The van der Waals surface area contributed by atoms with Crippen molar-refractivity contribution in [2.24, 2.45) is 10.9 Å². The van der Waals surface area contributed by atoms with Crippen molar-refractivity contribution in [3.8, 4) is 0 Å². The molecule has 0 aromatic heterocycles. The van der Waals surface area contributed by atoms with Gasteiger partial charge < -0.3 is 15.5 Å². The summed E-state index contributed by atoms with van der Waals surface area (Å²) in [5.74, 6) is 1.52. The molecule has 1 aliphatic rings. The Balaban J connectivity index is 1.60. The highest BCUT2D eigenvalue weighted by Crippen LogP contribution is 2.15. The lowest BCUT2D eigenvalue weighted by molar-refractivity contribution is 0.195. The van der Waals surface area contributed by atoms with Crippen molar-refractivity contribution < 1.29 is 4.39 Å². The van der Waals surface area contributed by atoms with E-state index in [1.165, 1.54) is 38.1 Å². The number of likely N-dealkylation sites (tertiary alicyclic amines) is 1. The molecule has 5 heteroatoms. The maximum absolute atomic E-state index is 12.9. The number of nitrogens with one attached hydrogen (secondary N) is 2. The Kier molecular flexibility index (Phi) is 7.33. The van der Waals surface area contributed by atoms with E-state index >= 15 is 0 Å². The van der Waals surface area contributed by atoms with Gasteiger partial charge in [0.1, 0.15) is 5.82 Å². The minimum absolute atomic E-state index is 0.189. The van der Waals surface area contributed by atoms with Crippen molar-refractivity contribution in [2.45, 2.75) is 26.2 Å². The van der Waals surface area contributed by atoms with Crippen LogP contribution in [0.5, 0.6) is 0 Å². The number of hydrogen-bond acceptors (Lipinski definition) is 2. The molecule has 128 valence electrons. The first kappa shape index (κ1) is 17.7. The molecule has 23 heavy (non-hydrogen) atoms. The Bertz CT molecular complexity index is 478. The van der Waals surface area contributed by atoms with E-state index in [1.807, 2.05) is 12.1 Å². The first-order valence-corrected chi connectivity index (χ1v) is 8.58. The fourth-order valence-electron chi connectivity index (χ4n) is 2.82. The van der Waals surface area contributed by atoms with Gasteiger partial charge in [-0.25, -0.2) is 4.39 Å². The van der Waals surface area contributed by atoms with Crippen LogP contribution in [0.25, 0.3) is 0 Å². The molecular weight excluding hydrogens is 291 g/mol. The topological polar surface area (TPSA) is 39.7 Å². The van der Waals surface area contributed by atoms with Gasteiger partial charge in [0.2, 0.25) is 0 Å². The highest BCUT2D eigenvalue weighted by molar-refractivity contribution is 5.79. The number of nitrogens with zero attached hydrogens (tertiary/aromatic N) is 2. The zero-order valence-electron chi connectivity index (χ0n) is 14.3. The Morgan fingerprint density at radius 1 is 1.17 bits per heavy atom. The molecule has 0 amide bonds. The van der Waals surface area contributed by atoms with Gasteiger partial charge in [0.25, 0.3) is 0 Å². The molecule has 1 saturated heterocycles. The third-order valence-electron chi connectivity index (χ3n) is 4.44. The molecule has 0 bridgehead atoms. The lowest BCUT2D eigenvalue weighted by Gasteiger charge is -2.30. The first-order valence-electron chi connectivity index (χ1n) is 8.58. The summed E-state index contributed by atoms with van der Waals surface area (Å²) in [6, 6.07) is 6.65. The summed E-state index contributed by atoms with van der Waals surface area (Å²) in [5.41, 5.74) is 1.12. The Hall–Kier alpha value is -1.62. The van der Waals surface area contributed by atoms with Crippen LogP contribution in [-0.2, 0) is 6.42 Å². The van der Waals surface area contributed by atoms with Gasteiger partial charge in [-0.3, -0.25) is 4.99 Å². The molecule has 1 aliphatic heterocycles. The lowest BCUT2D eigenvalue weighted by Crippen LogP contribution is -2.43. The van der Waals surface area contributed by atoms with Crippen molar-refractivity contribution in [3.63, 3.8) is 0 Å². The number of aliphatic imine (C=N–C) groups is 1. The standard InChI is InChI=1S/C18H29FN4/c1-15-8-12-23(13-9-15)14-11-22-18(20-2)21-10-7-16-3-5-17(19)6-4-16/h3-6,15H,7-14H2,1-2H3,(H2,20,21,22). The average molecular weight is 320 g/mol. The van der Waals surface area contributed by atoms with Gasteiger partial charge >= 0.3 is 0 Å². The number of guanidine groups is 1. The average Bonchev–Trinajstić information content (AvgIpc) is 2.57. The van der Waals surface area contributed by atoms with Gasteiger partial charge in [-0.2, -0.15) is 0 Å². The summed E-state index contributed by atoms with van der Waals surface area (Å²) in [6.45, 7) is 7.50. The van der Waals surface area contributed by atoms with Crippen molar-refractivity contribution in [1.29, 1.82) is 0 Å². The maximum atomic E-state index is 12.9. The van der Waals surface area contributed by atoms with Crippen LogP contribution in [0, 0.1) is 11.7 Å². The van der Waals surface area contributed by atoms with E-state index in [1.54, 1.807) is 7.05 Å². The van der Waals surface area contributed by atoms with E-state index < -0.39 is 0 Å². The van der Waals surface area contributed by atoms with Crippen molar-refractivity contribution >= 4 is 5.96 Å². The first-order chi connectivity index (χ1) is 11.2. The van der Waals surface area contributed by atoms with Crippen molar-refractivity contribution in [3.05, 3.63) is 35.6 Å². The van der Waals surface area contributed by atoms with Crippen LogP contribution < -0.4 is 10.6 Å². The van der Waals surface area contributed by atoms with E-state index in [0.29, 0.717) is 0 Å². The van der Waals surface area contributed by atoms with E-state index in [0.717, 1.165) is 43.5 Å². The minimum atomic E-state index is -0.189. The molecule has 1 fully saturated rings. The summed E-state index contributed by atoms with van der Waals surface area (Å²) in [6.07, 6.45) is 3.47. The second kappa shape index (κ2) is 9.50. The van der Waals surface area contributed by atoms with Gasteiger partial charge in [-0.15, -0.1) is 0 Å². The van der Waals surface area contributed by atoms with Crippen LogP contribution in [0.1, 0.15) is 25.3 Å². The van der Waals surface area contributed by atoms with Crippen molar-refractivity contribution in [1.82, 2.24) is 15.5 Å². The Morgan fingerprint density at radius 3 is 2.48 bits per heavy atom. The molecule has 0 aliphatic carbocycles. The predicted molar refractivity (Wildman–Crippen MR) is 94.3 cm³/mol. The van der Waals surface area contributed by atoms with Crippen LogP contribution in [0.4, 0.5) is 4.39 Å². The van der Waals surface area contributed by atoms with E-state index in [4.69, 9.17) is 0 Å². The second-order valence-electron chi connectivity index (χ2n) is 6.33. The zero-order valence-corrected chi connectivity index (χ0v) is 14.3. The summed E-state index contributed by atoms with van der Waals surface area (Å²) < 4.78 is 12.9. The summed E-state index contributed by atoms with van der Waals surface area (Å²) in [7, 11) is 1.79. The highest BCUT2D eigenvalue weighted by atomic mass is 19.1. The number of benzene rings is 1. The molecule has 0 spiro atoms. The second-order valence-corrected chi connectivity index (χ2v) is 6.33. The van der Waals surface area contributed by atoms with E-state index in [9.17, 15) is 4.39 Å². The fourth-order valence-corrected chi connectivity index (χ4v) is 2.82. The zero-order chi connectivity index (χ0) is 16.5. The van der Waals surface area contributed by atoms with Gasteiger partial charge in [-0.05, 0) is 56.0 Å². The maximum Gasteiger partial charge on any atom is 0.191 e. The lowest BCUT2D eigenvalue weighted by atomic mass is 9.99. The normalized spacial score (nSPS) is 17.3. The van der Waals surface area contributed by atoms with Crippen LogP contribution in [-0.4, -0.2) is 50.6 Å². The van der Waals surface area contributed by atoms with Gasteiger partial charge in [0.05, 0.1) is 0 Å². The minimum Gasteiger partial charge on any atom is -0.356 e. The number of hydrogen-bond donors (Lipinski definition) is 2. The smallest absolute Gasteiger partial charge is 0.191 e. The molecule has 0 radical (unpaired) electrons. The molecule has 0 atom stereocenters. The van der Waals surface area contributed by atoms with Gasteiger partial charge in [-0.1, -0.05) is 19.1 Å².